The number of rotatable bonds is 8. The predicted molar refractivity (Wildman–Crippen MR) is 128 cm³/mol. The minimum Gasteiger partial charge on any atom is -0.351 e. The summed E-state index contributed by atoms with van der Waals surface area (Å²) in [4.78, 5) is 12.7. The van der Waals surface area contributed by atoms with Crippen molar-refractivity contribution in [3.05, 3.63) is 98.2 Å². The summed E-state index contributed by atoms with van der Waals surface area (Å²) in [5, 5.41) is 3.52. The molecule has 0 fully saturated rings. The average Bonchev–Trinajstić information content (AvgIpc) is 2.75. The van der Waals surface area contributed by atoms with Crippen LogP contribution in [0.3, 0.4) is 0 Å². The molecule has 33 heavy (non-hydrogen) atoms. The molecule has 0 aliphatic heterocycles. The van der Waals surface area contributed by atoms with Crippen LogP contribution in [0.2, 0.25) is 15.1 Å². The SMILES string of the molecule is Cc1ccc(S(=O)(=O)N(CC(=O)NCc2ccc(Cl)cc2Cl)Cc2c(F)cccc2Cl)cc1. The zero-order chi connectivity index (χ0) is 24.2. The summed E-state index contributed by atoms with van der Waals surface area (Å²) >= 11 is 18.1. The van der Waals surface area contributed by atoms with Gasteiger partial charge in [0.25, 0.3) is 0 Å². The van der Waals surface area contributed by atoms with E-state index in [4.69, 9.17) is 34.8 Å². The summed E-state index contributed by atoms with van der Waals surface area (Å²) < 4.78 is 41.9. The second-order valence-electron chi connectivity index (χ2n) is 7.30. The number of carbonyl (C=O) groups is 1. The summed E-state index contributed by atoms with van der Waals surface area (Å²) in [5.41, 5.74) is 1.46. The largest absolute Gasteiger partial charge is 0.351 e. The van der Waals surface area contributed by atoms with Crippen molar-refractivity contribution in [1.82, 2.24) is 9.62 Å². The Hall–Kier alpha value is -2.16. The first kappa shape index (κ1) is 25.5. The summed E-state index contributed by atoms with van der Waals surface area (Å²) in [7, 11) is -4.14. The third kappa shape index (κ3) is 6.46. The number of hydrogen-bond acceptors (Lipinski definition) is 3. The molecule has 174 valence electrons. The molecule has 10 heteroatoms. The van der Waals surface area contributed by atoms with Crippen LogP contribution in [0.5, 0.6) is 0 Å². The van der Waals surface area contributed by atoms with E-state index in [0.717, 1.165) is 9.87 Å². The van der Waals surface area contributed by atoms with Crippen molar-refractivity contribution < 1.29 is 17.6 Å². The van der Waals surface area contributed by atoms with Gasteiger partial charge in [-0.05, 0) is 48.9 Å². The number of aryl methyl sites for hydroxylation is 1. The number of benzene rings is 3. The first-order valence-corrected chi connectivity index (χ1v) is 12.4. The average molecular weight is 530 g/mol. The molecule has 0 aliphatic rings. The molecule has 0 spiro atoms. The summed E-state index contributed by atoms with van der Waals surface area (Å²) in [6.45, 7) is 0.916. The minimum absolute atomic E-state index is 0.0193. The van der Waals surface area contributed by atoms with Gasteiger partial charge in [-0.25, -0.2) is 12.8 Å². The molecule has 5 nitrogen and oxygen atoms in total. The van der Waals surface area contributed by atoms with Crippen molar-refractivity contribution in [2.45, 2.75) is 24.9 Å². The van der Waals surface area contributed by atoms with Gasteiger partial charge in [-0.3, -0.25) is 4.79 Å². The van der Waals surface area contributed by atoms with Crippen molar-refractivity contribution in [3.8, 4) is 0 Å². The van der Waals surface area contributed by atoms with E-state index in [1.807, 2.05) is 6.92 Å². The van der Waals surface area contributed by atoms with Gasteiger partial charge in [-0.2, -0.15) is 4.31 Å². The highest BCUT2D eigenvalue weighted by Gasteiger charge is 2.28. The van der Waals surface area contributed by atoms with Crippen molar-refractivity contribution in [2.75, 3.05) is 6.54 Å². The fourth-order valence-electron chi connectivity index (χ4n) is 3.02. The minimum atomic E-state index is -4.14. The highest BCUT2D eigenvalue weighted by molar-refractivity contribution is 7.89. The third-order valence-electron chi connectivity index (χ3n) is 4.87. The van der Waals surface area contributed by atoms with Gasteiger partial charge >= 0.3 is 0 Å². The Morgan fingerprint density at radius 2 is 1.70 bits per heavy atom. The second-order valence-corrected chi connectivity index (χ2v) is 10.5. The molecule has 0 saturated heterocycles. The van der Waals surface area contributed by atoms with Gasteiger partial charge in [-0.15, -0.1) is 0 Å². The molecule has 0 atom stereocenters. The first-order chi connectivity index (χ1) is 15.6. The maximum atomic E-state index is 14.4. The fourth-order valence-corrected chi connectivity index (χ4v) is 5.08. The topological polar surface area (TPSA) is 66.5 Å². The maximum Gasteiger partial charge on any atom is 0.243 e. The number of nitrogens with one attached hydrogen (secondary N) is 1. The van der Waals surface area contributed by atoms with E-state index >= 15 is 0 Å². The van der Waals surface area contributed by atoms with Crippen LogP contribution < -0.4 is 5.32 Å². The number of nitrogens with zero attached hydrogens (tertiary/aromatic N) is 1. The molecule has 1 N–H and O–H groups in total. The molecule has 0 saturated carbocycles. The standard InChI is InChI=1S/C23H20Cl3FN2O3S/c1-15-5-9-18(10-6-15)33(31,32)29(13-19-20(25)3-2-4-22(19)27)14-23(30)28-12-16-7-8-17(24)11-21(16)26/h2-11H,12-14H2,1H3,(H,28,30). The van der Waals surface area contributed by atoms with Crippen LogP contribution in [0.15, 0.2) is 65.6 Å². The molecule has 3 aromatic carbocycles. The summed E-state index contributed by atoms with van der Waals surface area (Å²) in [6.07, 6.45) is 0. The van der Waals surface area contributed by atoms with Crippen molar-refractivity contribution in [1.29, 1.82) is 0 Å². The van der Waals surface area contributed by atoms with E-state index in [0.29, 0.717) is 15.6 Å². The first-order valence-electron chi connectivity index (χ1n) is 9.78. The van der Waals surface area contributed by atoms with Crippen LogP contribution >= 0.6 is 34.8 Å². The smallest absolute Gasteiger partial charge is 0.243 e. The molecule has 0 aliphatic carbocycles. The van der Waals surface area contributed by atoms with Gasteiger partial charge in [0.05, 0.1) is 11.4 Å². The van der Waals surface area contributed by atoms with Gasteiger partial charge in [-0.1, -0.05) is 64.6 Å². The Kier molecular flexibility index (Phi) is 8.37. The van der Waals surface area contributed by atoms with E-state index < -0.39 is 34.8 Å². The quantitative estimate of drug-likeness (QED) is 0.413. The lowest BCUT2D eigenvalue weighted by Crippen LogP contribution is -2.40. The van der Waals surface area contributed by atoms with E-state index in [1.165, 1.54) is 30.3 Å². The molecule has 0 heterocycles. The van der Waals surface area contributed by atoms with Crippen molar-refractivity contribution >= 4 is 50.7 Å². The van der Waals surface area contributed by atoms with E-state index in [1.54, 1.807) is 30.3 Å². The highest BCUT2D eigenvalue weighted by atomic mass is 35.5. The van der Waals surface area contributed by atoms with E-state index in [2.05, 4.69) is 5.32 Å². The Morgan fingerprint density at radius 3 is 2.33 bits per heavy atom. The number of amides is 1. The number of sulfonamides is 1. The zero-order valence-electron chi connectivity index (χ0n) is 17.5. The van der Waals surface area contributed by atoms with Crippen LogP contribution in [-0.4, -0.2) is 25.2 Å². The van der Waals surface area contributed by atoms with Gasteiger partial charge in [0.1, 0.15) is 5.82 Å². The normalized spacial score (nSPS) is 11.6. The molecular weight excluding hydrogens is 510 g/mol. The molecule has 3 rings (SSSR count). The lowest BCUT2D eigenvalue weighted by molar-refractivity contribution is -0.121. The number of carbonyl (C=O) groups excluding carboxylic acids is 1. The van der Waals surface area contributed by atoms with Crippen LogP contribution in [0, 0.1) is 12.7 Å². The molecule has 1 amide bonds. The number of hydrogen-bond donors (Lipinski definition) is 1. The summed E-state index contributed by atoms with van der Waals surface area (Å²) in [6, 6.07) is 15.0. The van der Waals surface area contributed by atoms with Gasteiger partial charge < -0.3 is 5.32 Å². The molecule has 3 aromatic rings. The number of halogens is 4. The van der Waals surface area contributed by atoms with Gasteiger partial charge in [0, 0.05) is 33.7 Å². The van der Waals surface area contributed by atoms with Crippen LogP contribution in [0.1, 0.15) is 16.7 Å². The van der Waals surface area contributed by atoms with Crippen molar-refractivity contribution in [3.63, 3.8) is 0 Å². The van der Waals surface area contributed by atoms with E-state index in [9.17, 15) is 17.6 Å². The molecule has 0 unspecified atom stereocenters. The lowest BCUT2D eigenvalue weighted by Gasteiger charge is -2.23. The highest BCUT2D eigenvalue weighted by Crippen LogP contribution is 2.25. The Bertz CT molecular complexity index is 1250. The maximum absolute atomic E-state index is 14.4. The zero-order valence-corrected chi connectivity index (χ0v) is 20.6. The van der Waals surface area contributed by atoms with Crippen LogP contribution in [0.25, 0.3) is 0 Å². The molecule has 0 aromatic heterocycles. The Morgan fingerprint density at radius 1 is 1.00 bits per heavy atom. The fraction of sp³-hybridized carbons (Fsp3) is 0.174. The second kappa shape index (κ2) is 10.8. The lowest BCUT2D eigenvalue weighted by atomic mass is 10.2. The van der Waals surface area contributed by atoms with Gasteiger partial charge in [0.15, 0.2) is 0 Å². The Labute approximate surface area is 207 Å². The monoisotopic (exact) mass is 528 g/mol. The summed E-state index contributed by atoms with van der Waals surface area (Å²) in [5.74, 6) is -1.26. The van der Waals surface area contributed by atoms with Crippen LogP contribution in [-0.2, 0) is 27.9 Å². The van der Waals surface area contributed by atoms with Crippen LogP contribution in [0.4, 0.5) is 4.39 Å². The van der Waals surface area contributed by atoms with Gasteiger partial charge in [0.2, 0.25) is 15.9 Å². The Balaban J connectivity index is 1.86. The van der Waals surface area contributed by atoms with Crippen molar-refractivity contribution in [2.24, 2.45) is 0 Å². The van der Waals surface area contributed by atoms with E-state index in [-0.39, 0.29) is 22.0 Å². The molecular formula is C23H20Cl3FN2O3S. The molecule has 0 radical (unpaired) electrons. The third-order valence-corrected chi connectivity index (χ3v) is 7.61. The predicted octanol–water partition coefficient (Wildman–Crippen LogP) is 5.60. The molecule has 0 bridgehead atoms.